The monoisotopic (exact) mass is 450 g/mol. The SMILES string of the molecule is Cc1ccc(C(=O)Nc2ccccc2Br)cc1S(=O)(=O)N1CCCCCC1. The minimum absolute atomic E-state index is 0.212. The maximum atomic E-state index is 13.1. The Balaban J connectivity index is 1.89. The molecule has 144 valence electrons. The Labute approximate surface area is 169 Å². The summed E-state index contributed by atoms with van der Waals surface area (Å²) < 4.78 is 28.6. The average molecular weight is 451 g/mol. The first kappa shape index (κ1) is 20.0. The van der Waals surface area contributed by atoms with E-state index in [-0.39, 0.29) is 10.8 Å². The van der Waals surface area contributed by atoms with Crippen molar-refractivity contribution in [2.45, 2.75) is 37.5 Å². The third-order valence-electron chi connectivity index (χ3n) is 4.76. The summed E-state index contributed by atoms with van der Waals surface area (Å²) in [6, 6.07) is 12.1. The van der Waals surface area contributed by atoms with Gasteiger partial charge in [-0.05, 0) is 65.5 Å². The largest absolute Gasteiger partial charge is 0.321 e. The molecular formula is C20H23BrN2O3S. The number of benzene rings is 2. The molecule has 1 fully saturated rings. The standard InChI is InChI=1S/C20H23BrN2O3S/c1-15-10-11-16(20(24)22-18-9-5-4-8-17(18)21)14-19(15)27(25,26)23-12-6-2-3-7-13-23/h4-5,8-11,14H,2-3,6-7,12-13H2,1H3,(H,22,24). The van der Waals surface area contributed by atoms with E-state index < -0.39 is 10.0 Å². The summed E-state index contributed by atoms with van der Waals surface area (Å²) in [6.07, 6.45) is 3.86. The summed E-state index contributed by atoms with van der Waals surface area (Å²) >= 11 is 3.40. The summed E-state index contributed by atoms with van der Waals surface area (Å²) in [4.78, 5) is 12.9. The van der Waals surface area contributed by atoms with Crippen LogP contribution < -0.4 is 5.32 Å². The molecule has 0 aromatic heterocycles. The van der Waals surface area contributed by atoms with E-state index in [0.717, 1.165) is 30.2 Å². The smallest absolute Gasteiger partial charge is 0.255 e. The second-order valence-corrected chi connectivity index (χ2v) is 9.49. The van der Waals surface area contributed by atoms with Crippen LogP contribution in [0.3, 0.4) is 0 Å². The van der Waals surface area contributed by atoms with Crippen molar-refractivity contribution in [1.29, 1.82) is 0 Å². The molecule has 1 amide bonds. The van der Waals surface area contributed by atoms with Crippen molar-refractivity contribution in [3.63, 3.8) is 0 Å². The van der Waals surface area contributed by atoms with Crippen molar-refractivity contribution in [2.75, 3.05) is 18.4 Å². The van der Waals surface area contributed by atoms with Crippen LogP contribution in [0.1, 0.15) is 41.6 Å². The summed E-state index contributed by atoms with van der Waals surface area (Å²) in [6.45, 7) is 2.84. The van der Waals surface area contributed by atoms with Crippen molar-refractivity contribution in [3.8, 4) is 0 Å². The van der Waals surface area contributed by atoms with Gasteiger partial charge in [0.2, 0.25) is 10.0 Å². The molecule has 1 heterocycles. The number of rotatable bonds is 4. The molecule has 7 heteroatoms. The van der Waals surface area contributed by atoms with E-state index in [2.05, 4.69) is 21.2 Å². The van der Waals surface area contributed by atoms with Gasteiger partial charge >= 0.3 is 0 Å². The molecule has 3 rings (SSSR count). The third-order valence-corrected chi connectivity index (χ3v) is 7.49. The lowest BCUT2D eigenvalue weighted by molar-refractivity contribution is 0.102. The van der Waals surface area contributed by atoms with Gasteiger partial charge < -0.3 is 5.32 Å². The first-order valence-electron chi connectivity index (χ1n) is 9.06. The quantitative estimate of drug-likeness (QED) is 0.741. The van der Waals surface area contributed by atoms with Crippen LogP contribution in [-0.2, 0) is 10.0 Å². The lowest BCUT2D eigenvalue weighted by atomic mass is 10.1. The predicted molar refractivity (Wildman–Crippen MR) is 111 cm³/mol. The molecule has 1 aliphatic rings. The molecule has 0 saturated carbocycles. The third kappa shape index (κ3) is 4.59. The Morgan fingerprint density at radius 3 is 2.37 bits per heavy atom. The fourth-order valence-corrected chi connectivity index (χ4v) is 5.35. The predicted octanol–water partition coefficient (Wildman–Crippen LogP) is 4.57. The lowest BCUT2D eigenvalue weighted by Crippen LogP contribution is -2.32. The van der Waals surface area contributed by atoms with Crippen LogP contribution in [0.5, 0.6) is 0 Å². The van der Waals surface area contributed by atoms with Crippen LogP contribution >= 0.6 is 15.9 Å². The second-order valence-electron chi connectivity index (χ2n) is 6.73. The first-order valence-corrected chi connectivity index (χ1v) is 11.3. The number of nitrogens with one attached hydrogen (secondary N) is 1. The highest BCUT2D eigenvalue weighted by molar-refractivity contribution is 9.10. The molecule has 0 radical (unpaired) electrons. The highest BCUT2D eigenvalue weighted by Gasteiger charge is 2.27. The molecule has 0 spiro atoms. The Hall–Kier alpha value is -1.70. The molecule has 2 aromatic carbocycles. The molecule has 1 N–H and O–H groups in total. The number of nitrogens with zero attached hydrogens (tertiary/aromatic N) is 1. The summed E-state index contributed by atoms with van der Waals surface area (Å²) in [5.41, 5.74) is 1.61. The summed E-state index contributed by atoms with van der Waals surface area (Å²) in [5, 5.41) is 2.82. The van der Waals surface area contributed by atoms with Crippen molar-refractivity contribution < 1.29 is 13.2 Å². The number of sulfonamides is 1. The van der Waals surface area contributed by atoms with Gasteiger partial charge in [0.05, 0.1) is 10.6 Å². The molecular weight excluding hydrogens is 428 g/mol. The minimum Gasteiger partial charge on any atom is -0.321 e. The van der Waals surface area contributed by atoms with Crippen LogP contribution in [-0.4, -0.2) is 31.7 Å². The molecule has 1 aliphatic heterocycles. The fourth-order valence-electron chi connectivity index (χ4n) is 3.20. The molecule has 1 saturated heterocycles. The van der Waals surface area contributed by atoms with E-state index >= 15 is 0 Å². The van der Waals surface area contributed by atoms with Gasteiger partial charge in [-0.1, -0.05) is 31.0 Å². The number of amides is 1. The molecule has 0 unspecified atom stereocenters. The first-order chi connectivity index (χ1) is 12.9. The number of aryl methyl sites for hydroxylation is 1. The Morgan fingerprint density at radius 1 is 1.04 bits per heavy atom. The Kier molecular flexibility index (Phi) is 6.34. The highest BCUT2D eigenvalue weighted by atomic mass is 79.9. The van der Waals surface area contributed by atoms with Crippen molar-refractivity contribution in [2.24, 2.45) is 0 Å². The van der Waals surface area contributed by atoms with Gasteiger partial charge in [0, 0.05) is 23.1 Å². The minimum atomic E-state index is -3.61. The normalized spacial score (nSPS) is 15.9. The van der Waals surface area contributed by atoms with Crippen molar-refractivity contribution >= 4 is 37.5 Å². The van der Waals surface area contributed by atoms with E-state index in [1.165, 1.54) is 6.07 Å². The van der Waals surface area contributed by atoms with E-state index in [1.54, 1.807) is 29.4 Å². The topological polar surface area (TPSA) is 66.5 Å². The Bertz CT molecular complexity index is 936. The van der Waals surface area contributed by atoms with Crippen LogP contribution in [0.15, 0.2) is 51.8 Å². The van der Waals surface area contributed by atoms with Gasteiger partial charge in [-0.15, -0.1) is 0 Å². The van der Waals surface area contributed by atoms with Gasteiger partial charge in [0.1, 0.15) is 0 Å². The van der Waals surface area contributed by atoms with E-state index in [0.29, 0.717) is 29.9 Å². The number of halogens is 1. The van der Waals surface area contributed by atoms with Crippen molar-refractivity contribution in [3.05, 3.63) is 58.1 Å². The van der Waals surface area contributed by atoms with E-state index in [1.807, 2.05) is 18.2 Å². The maximum absolute atomic E-state index is 13.1. The zero-order valence-corrected chi connectivity index (χ0v) is 17.6. The molecule has 0 atom stereocenters. The zero-order chi connectivity index (χ0) is 19.4. The van der Waals surface area contributed by atoms with Gasteiger partial charge in [-0.3, -0.25) is 4.79 Å². The number of hydrogen-bond acceptors (Lipinski definition) is 3. The molecule has 0 bridgehead atoms. The summed E-state index contributed by atoms with van der Waals surface area (Å²) in [5.74, 6) is -0.339. The van der Waals surface area contributed by atoms with Crippen LogP contribution in [0.2, 0.25) is 0 Å². The van der Waals surface area contributed by atoms with Crippen LogP contribution in [0.25, 0.3) is 0 Å². The number of anilines is 1. The number of carbonyl (C=O) groups is 1. The number of carbonyl (C=O) groups excluding carboxylic acids is 1. The van der Waals surface area contributed by atoms with E-state index in [9.17, 15) is 13.2 Å². The number of hydrogen-bond donors (Lipinski definition) is 1. The molecule has 5 nitrogen and oxygen atoms in total. The van der Waals surface area contributed by atoms with Gasteiger partial charge in [0.25, 0.3) is 5.91 Å². The fraction of sp³-hybridized carbons (Fsp3) is 0.350. The Morgan fingerprint density at radius 2 is 1.70 bits per heavy atom. The highest BCUT2D eigenvalue weighted by Crippen LogP contribution is 2.26. The van der Waals surface area contributed by atoms with Gasteiger partial charge in [-0.2, -0.15) is 4.31 Å². The molecule has 27 heavy (non-hydrogen) atoms. The second kappa shape index (κ2) is 8.54. The number of para-hydroxylation sites is 1. The van der Waals surface area contributed by atoms with Gasteiger partial charge in [-0.25, -0.2) is 8.42 Å². The van der Waals surface area contributed by atoms with Crippen molar-refractivity contribution in [1.82, 2.24) is 4.31 Å². The molecule has 0 aliphatic carbocycles. The van der Waals surface area contributed by atoms with Crippen LogP contribution in [0.4, 0.5) is 5.69 Å². The molecule has 2 aromatic rings. The summed E-state index contributed by atoms with van der Waals surface area (Å²) in [7, 11) is -3.61. The zero-order valence-electron chi connectivity index (χ0n) is 15.2. The lowest BCUT2D eigenvalue weighted by Gasteiger charge is -2.21. The average Bonchev–Trinajstić information content (AvgIpc) is 2.94. The maximum Gasteiger partial charge on any atom is 0.255 e. The van der Waals surface area contributed by atoms with E-state index in [4.69, 9.17) is 0 Å². The van der Waals surface area contributed by atoms with Gasteiger partial charge in [0.15, 0.2) is 0 Å². The van der Waals surface area contributed by atoms with Crippen LogP contribution in [0, 0.1) is 6.92 Å².